The number of benzene rings is 1. The lowest BCUT2D eigenvalue weighted by molar-refractivity contribution is -0.121. The van der Waals surface area contributed by atoms with E-state index < -0.39 is 23.0 Å². The van der Waals surface area contributed by atoms with Gasteiger partial charge in [-0.1, -0.05) is 15.9 Å². The number of aromatic nitrogens is 4. The molecule has 1 N–H and O–H groups in total. The summed E-state index contributed by atoms with van der Waals surface area (Å²) in [5.74, 6) is -1.03. The minimum Gasteiger partial charge on any atom is -0.315 e. The molecule has 0 bridgehead atoms. The smallest absolute Gasteiger partial charge is 0.315 e. The van der Waals surface area contributed by atoms with Crippen molar-refractivity contribution in [1.82, 2.24) is 24.1 Å². The number of hydrogen-bond acceptors (Lipinski definition) is 5. The summed E-state index contributed by atoms with van der Waals surface area (Å²) in [4.78, 5) is 40.3. The van der Waals surface area contributed by atoms with Gasteiger partial charge < -0.3 is 4.57 Å². The van der Waals surface area contributed by atoms with Crippen molar-refractivity contribution < 1.29 is 9.18 Å². The van der Waals surface area contributed by atoms with Gasteiger partial charge in [-0.2, -0.15) is 5.10 Å². The van der Waals surface area contributed by atoms with Crippen molar-refractivity contribution in [2.45, 2.75) is 6.54 Å². The average Bonchev–Trinajstić information content (AvgIpc) is 3.04. The highest BCUT2D eigenvalue weighted by molar-refractivity contribution is 9.10. The van der Waals surface area contributed by atoms with Crippen molar-refractivity contribution in [2.75, 3.05) is 0 Å². The van der Waals surface area contributed by atoms with Crippen LogP contribution in [0, 0.1) is 5.82 Å². The van der Waals surface area contributed by atoms with Gasteiger partial charge in [0.05, 0.1) is 12.5 Å². The zero-order chi connectivity index (χ0) is 19.7. The Balaban J connectivity index is 1.81. The van der Waals surface area contributed by atoms with E-state index in [0.29, 0.717) is 4.47 Å². The molecule has 0 atom stereocenters. The van der Waals surface area contributed by atoms with Crippen molar-refractivity contribution in [3.63, 3.8) is 0 Å². The van der Waals surface area contributed by atoms with Crippen LogP contribution in [0.2, 0.25) is 0 Å². The number of nitrogens with one attached hydrogen (secondary N) is 1. The van der Waals surface area contributed by atoms with Crippen LogP contribution in [0.25, 0.3) is 11.2 Å². The highest BCUT2D eigenvalue weighted by Gasteiger charge is 2.15. The molecule has 1 amide bonds. The van der Waals surface area contributed by atoms with E-state index in [1.165, 1.54) is 47.9 Å². The first-order valence-electron chi connectivity index (χ1n) is 7.67. The van der Waals surface area contributed by atoms with Gasteiger partial charge in [0.15, 0.2) is 11.2 Å². The highest BCUT2D eigenvalue weighted by Crippen LogP contribution is 2.13. The molecule has 0 fully saturated rings. The molecule has 2 aromatic heterocycles. The van der Waals surface area contributed by atoms with E-state index in [2.05, 4.69) is 31.4 Å². The molecule has 3 aromatic rings. The molecular formula is C16H14BrFN6O3. The maximum absolute atomic E-state index is 13.6. The molecular weight excluding hydrogens is 423 g/mol. The third kappa shape index (κ3) is 3.58. The fourth-order valence-electron chi connectivity index (χ4n) is 2.49. The SMILES string of the molecule is Cn1c(=O)c2c(ncn2CC(=O)NN=Cc2cc(Br)ccc2F)n(C)c1=O. The lowest BCUT2D eigenvalue weighted by Gasteiger charge is -2.06. The number of imidazole rings is 1. The number of carbonyl (C=O) groups excluding carboxylic acids is 1. The van der Waals surface area contributed by atoms with Gasteiger partial charge in [0, 0.05) is 24.1 Å². The largest absolute Gasteiger partial charge is 0.332 e. The lowest BCUT2D eigenvalue weighted by atomic mass is 10.2. The number of hydrogen-bond donors (Lipinski definition) is 1. The lowest BCUT2D eigenvalue weighted by Crippen LogP contribution is -2.38. The van der Waals surface area contributed by atoms with Gasteiger partial charge >= 0.3 is 5.69 Å². The van der Waals surface area contributed by atoms with E-state index in [1.807, 2.05) is 0 Å². The monoisotopic (exact) mass is 436 g/mol. The van der Waals surface area contributed by atoms with E-state index in [-0.39, 0.29) is 23.3 Å². The first kappa shape index (κ1) is 18.7. The Morgan fingerprint density at radius 3 is 2.81 bits per heavy atom. The number of hydrazone groups is 1. The Kier molecular flexibility index (Phi) is 5.04. The van der Waals surface area contributed by atoms with Crippen LogP contribution in [0.3, 0.4) is 0 Å². The Morgan fingerprint density at radius 1 is 1.33 bits per heavy atom. The van der Waals surface area contributed by atoms with E-state index >= 15 is 0 Å². The van der Waals surface area contributed by atoms with Gasteiger partial charge in [0.1, 0.15) is 12.4 Å². The predicted octanol–water partition coefficient (Wildman–Crippen LogP) is 0.486. The number of fused-ring (bicyclic) bond motifs is 1. The van der Waals surface area contributed by atoms with E-state index in [1.54, 1.807) is 6.07 Å². The molecule has 0 aliphatic heterocycles. The van der Waals surface area contributed by atoms with Crippen molar-refractivity contribution in [1.29, 1.82) is 0 Å². The molecule has 2 heterocycles. The van der Waals surface area contributed by atoms with Crippen LogP contribution in [0.1, 0.15) is 5.56 Å². The first-order chi connectivity index (χ1) is 12.8. The second kappa shape index (κ2) is 7.27. The first-order valence-corrected chi connectivity index (χ1v) is 8.46. The summed E-state index contributed by atoms with van der Waals surface area (Å²) in [5.41, 5.74) is 1.69. The minimum atomic E-state index is -0.557. The molecule has 0 unspecified atom stereocenters. The number of amides is 1. The normalized spacial score (nSPS) is 11.4. The highest BCUT2D eigenvalue weighted by atomic mass is 79.9. The zero-order valence-electron chi connectivity index (χ0n) is 14.3. The van der Waals surface area contributed by atoms with Crippen LogP contribution < -0.4 is 16.7 Å². The van der Waals surface area contributed by atoms with Crippen LogP contribution in [0.15, 0.2) is 43.7 Å². The van der Waals surface area contributed by atoms with Crippen LogP contribution in [-0.2, 0) is 25.4 Å². The predicted molar refractivity (Wildman–Crippen MR) is 100 cm³/mol. The van der Waals surface area contributed by atoms with Crippen molar-refractivity contribution >= 4 is 39.2 Å². The molecule has 0 radical (unpaired) electrons. The maximum atomic E-state index is 13.6. The topological polar surface area (TPSA) is 103 Å². The third-order valence-electron chi connectivity index (χ3n) is 3.88. The van der Waals surface area contributed by atoms with Gasteiger partial charge in [-0.25, -0.2) is 19.6 Å². The molecule has 0 aliphatic carbocycles. The standard InChI is InChI=1S/C16H14BrFN6O3/c1-22-14-13(15(26)23(2)16(22)27)24(8-19-14)7-12(25)21-20-6-9-5-10(17)3-4-11(9)18/h3-6,8H,7H2,1-2H3,(H,21,25). The molecule has 0 aliphatic rings. The fraction of sp³-hybridized carbons (Fsp3) is 0.188. The van der Waals surface area contributed by atoms with Crippen LogP contribution >= 0.6 is 15.9 Å². The Bertz CT molecular complexity index is 1190. The van der Waals surface area contributed by atoms with Gasteiger partial charge in [0.25, 0.3) is 11.5 Å². The van der Waals surface area contributed by atoms with Crippen molar-refractivity contribution in [3.8, 4) is 0 Å². The number of nitrogens with zero attached hydrogens (tertiary/aromatic N) is 5. The van der Waals surface area contributed by atoms with E-state index in [0.717, 1.165) is 4.57 Å². The summed E-state index contributed by atoms with van der Waals surface area (Å²) in [6.07, 6.45) is 2.47. The number of halogens is 2. The summed E-state index contributed by atoms with van der Waals surface area (Å²) in [6, 6.07) is 4.33. The Morgan fingerprint density at radius 2 is 2.07 bits per heavy atom. The number of carbonyl (C=O) groups is 1. The number of rotatable bonds is 4. The fourth-order valence-corrected chi connectivity index (χ4v) is 2.87. The molecule has 0 spiro atoms. The third-order valence-corrected chi connectivity index (χ3v) is 4.38. The van der Waals surface area contributed by atoms with Gasteiger partial charge in [0.2, 0.25) is 0 Å². The van der Waals surface area contributed by atoms with Crippen LogP contribution in [0.5, 0.6) is 0 Å². The molecule has 27 heavy (non-hydrogen) atoms. The van der Waals surface area contributed by atoms with Crippen LogP contribution in [-0.4, -0.2) is 30.8 Å². The molecule has 0 saturated heterocycles. The second-order valence-corrected chi connectivity index (χ2v) is 6.63. The molecule has 1 aromatic carbocycles. The van der Waals surface area contributed by atoms with Gasteiger partial charge in [-0.15, -0.1) is 0 Å². The molecule has 9 nitrogen and oxygen atoms in total. The average molecular weight is 437 g/mol. The number of aryl methyl sites for hydroxylation is 1. The van der Waals surface area contributed by atoms with Crippen molar-refractivity contribution in [3.05, 3.63) is 61.2 Å². The Hall–Kier alpha value is -3.08. The van der Waals surface area contributed by atoms with Crippen LogP contribution in [0.4, 0.5) is 4.39 Å². The molecule has 140 valence electrons. The molecule has 0 saturated carbocycles. The maximum Gasteiger partial charge on any atom is 0.332 e. The quantitative estimate of drug-likeness (QED) is 0.474. The van der Waals surface area contributed by atoms with E-state index in [9.17, 15) is 18.8 Å². The van der Waals surface area contributed by atoms with Gasteiger partial charge in [-0.05, 0) is 18.2 Å². The van der Waals surface area contributed by atoms with E-state index in [4.69, 9.17) is 0 Å². The summed E-state index contributed by atoms with van der Waals surface area (Å²) < 4.78 is 17.8. The summed E-state index contributed by atoms with van der Waals surface area (Å²) in [7, 11) is 2.83. The molecule has 3 rings (SSSR count). The summed E-state index contributed by atoms with van der Waals surface area (Å²) in [5, 5.41) is 3.72. The van der Waals surface area contributed by atoms with Gasteiger partial charge in [-0.3, -0.25) is 18.7 Å². The van der Waals surface area contributed by atoms with Crippen molar-refractivity contribution in [2.24, 2.45) is 19.2 Å². The minimum absolute atomic E-state index is 0.122. The summed E-state index contributed by atoms with van der Waals surface area (Å²) in [6.45, 7) is -0.248. The summed E-state index contributed by atoms with van der Waals surface area (Å²) >= 11 is 3.22. The second-order valence-electron chi connectivity index (χ2n) is 5.71. The molecule has 11 heteroatoms. The Labute approximate surface area is 159 Å². The zero-order valence-corrected chi connectivity index (χ0v) is 15.9.